The topological polar surface area (TPSA) is 52.3 Å². The number of ether oxygens (including phenoxy) is 1. The minimum atomic E-state index is -0.466. The highest BCUT2D eigenvalue weighted by molar-refractivity contribution is 9.10. The average molecular weight is 385 g/mol. The third kappa shape index (κ3) is 3.36. The van der Waals surface area contributed by atoms with Crippen molar-refractivity contribution in [2.75, 3.05) is 0 Å². The lowest BCUT2D eigenvalue weighted by atomic mass is 10.2. The molecule has 98 valence electrons. The lowest BCUT2D eigenvalue weighted by molar-refractivity contribution is 0.1000. The van der Waals surface area contributed by atoms with Gasteiger partial charge in [-0.05, 0) is 64.8 Å². The Hall–Kier alpha value is -1.33. The Morgan fingerprint density at radius 2 is 1.79 bits per heavy atom. The molecule has 0 aromatic heterocycles. The van der Waals surface area contributed by atoms with E-state index in [-0.39, 0.29) is 0 Å². The Kier molecular flexibility index (Phi) is 4.27. The van der Waals surface area contributed by atoms with Crippen LogP contribution in [0.2, 0.25) is 0 Å². The Bertz CT molecular complexity index is 641. The van der Waals surface area contributed by atoms with Crippen LogP contribution < -0.4 is 10.5 Å². The second-order valence-electron chi connectivity index (χ2n) is 4.02. The predicted molar refractivity (Wildman–Crippen MR) is 81.6 cm³/mol. The molecule has 2 N–H and O–H groups in total. The van der Waals surface area contributed by atoms with Crippen molar-refractivity contribution in [3.05, 3.63) is 56.5 Å². The molecular weight excluding hydrogens is 374 g/mol. The van der Waals surface area contributed by atoms with Crippen molar-refractivity contribution in [1.82, 2.24) is 0 Å². The molecule has 0 aliphatic carbocycles. The van der Waals surface area contributed by atoms with Crippen molar-refractivity contribution >= 4 is 37.8 Å². The maximum Gasteiger partial charge on any atom is 0.248 e. The summed E-state index contributed by atoms with van der Waals surface area (Å²) >= 11 is 6.78. The summed E-state index contributed by atoms with van der Waals surface area (Å²) < 4.78 is 7.50. The fourth-order valence-corrected chi connectivity index (χ4v) is 2.52. The molecule has 0 fully saturated rings. The van der Waals surface area contributed by atoms with Gasteiger partial charge in [-0.2, -0.15) is 0 Å². The first-order chi connectivity index (χ1) is 8.97. The van der Waals surface area contributed by atoms with Crippen LogP contribution in [0.25, 0.3) is 0 Å². The lowest BCUT2D eigenvalue weighted by Crippen LogP contribution is -2.10. The molecule has 0 saturated heterocycles. The minimum Gasteiger partial charge on any atom is -0.456 e. The summed E-state index contributed by atoms with van der Waals surface area (Å²) in [5.74, 6) is 0.929. The fraction of sp³-hybridized carbons (Fsp3) is 0.0714. The number of primary amides is 1. The average Bonchev–Trinajstić information content (AvgIpc) is 2.34. The van der Waals surface area contributed by atoms with Gasteiger partial charge in [-0.15, -0.1) is 0 Å². The van der Waals surface area contributed by atoms with E-state index in [1.165, 1.54) is 0 Å². The number of carbonyl (C=O) groups is 1. The number of carbonyl (C=O) groups excluding carboxylic acids is 1. The van der Waals surface area contributed by atoms with Crippen molar-refractivity contribution < 1.29 is 9.53 Å². The summed E-state index contributed by atoms with van der Waals surface area (Å²) in [6.45, 7) is 1.96. The van der Waals surface area contributed by atoms with E-state index in [1.54, 1.807) is 18.2 Å². The molecule has 0 heterocycles. The molecule has 2 aromatic carbocycles. The molecular formula is C14H11Br2NO2. The molecule has 0 radical (unpaired) electrons. The van der Waals surface area contributed by atoms with Crippen molar-refractivity contribution in [2.24, 2.45) is 5.73 Å². The summed E-state index contributed by atoms with van der Waals surface area (Å²) in [6.07, 6.45) is 0. The van der Waals surface area contributed by atoms with E-state index in [4.69, 9.17) is 10.5 Å². The molecule has 0 unspecified atom stereocenters. The van der Waals surface area contributed by atoms with Gasteiger partial charge in [0.05, 0.1) is 4.47 Å². The summed E-state index contributed by atoms with van der Waals surface area (Å²) in [7, 11) is 0. The number of hydrogen-bond donors (Lipinski definition) is 1. The van der Waals surface area contributed by atoms with Gasteiger partial charge in [-0.3, -0.25) is 4.79 Å². The number of hydrogen-bond acceptors (Lipinski definition) is 2. The molecule has 2 aromatic rings. The second kappa shape index (κ2) is 5.75. The van der Waals surface area contributed by atoms with Crippen LogP contribution in [0.15, 0.2) is 45.3 Å². The zero-order valence-corrected chi connectivity index (χ0v) is 13.3. The van der Waals surface area contributed by atoms with Crippen molar-refractivity contribution in [2.45, 2.75) is 6.92 Å². The maximum atomic E-state index is 11.1. The van der Waals surface area contributed by atoms with E-state index >= 15 is 0 Å². The highest BCUT2D eigenvalue weighted by Crippen LogP contribution is 2.32. The smallest absolute Gasteiger partial charge is 0.248 e. The van der Waals surface area contributed by atoms with Gasteiger partial charge in [-0.25, -0.2) is 0 Å². The number of amides is 1. The van der Waals surface area contributed by atoms with Crippen LogP contribution in [0.3, 0.4) is 0 Å². The SMILES string of the molecule is Cc1cc(Br)ccc1Oc1ccc(C(N)=O)cc1Br. The molecule has 2 rings (SSSR count). The molecule has 0 atom stereocenters. The zero-order chi connectivity index (χ0) is 14.0. The van der Waals surface area contributed by atoms with Crippen molar-refractivity contribution in [1.29, 1.82) is 0 Å². The highest BCUT2D eigenvalue weighted by atomic mass is 79.9. The molecule has 0 aliphatic heterocycles. The quantitative estimate of drug-likeness (QED) is 0.851. The molecule has 19 heavy (non-hydrogen) atoms. The minimum absolute atomic E-state index is 0.437. The van der Waals surface area contributed by atoms with Gasteiger partial charge in [0.2, 0.25) is 5.91 Å². The standard InChI is InChI=1S/C14H11Br2NO2/c1-8-6-10(15)3-5-12(8)19-13-4-2-9(14(17)18)7-11(13)16/h2-7H,1H3,(H2,17,18). The molecule has 0 spiro atoms. The second-order valence-corrected chi connectivity index (χ2v) is 5.79. The Balaban J connectivity index is 2.31. The van der Waals surface area contributed by atoms with E-state index < -0.39 is 5.91 Å². The normalized spacial score (nSPS) is 10.3. The predicted octanol–water partition coefficient (Wildman–Crippen LogP) is 4.41. The van der Waals surface area contributed by atoms with E-state index in [0.29, 0.717) is 15.8 Å². The first-order valence-electron chi connectivity index (χ1n) is 5.51. The monoisotopic (exact) mass is 383 g/mol. The summed E-state index contributed by atoms with van der Waals surface area (Å²) in [5, 5.41) is 0. The van der Waals surface area contributed by atoms with Crippen LogP contribution >= 0.6 is 31.9 Å². The molecule has 5 heteroatoms. The van der Waals surface area contributed by atoms with Crippen LogP contribution in [-0.2, 0) is 0 Å². The fourth-order valence-electron chi connectivity index (χ4n) is 1.58. The molecule has 1 amide bonds. The van der Waals surface area contributed by atoms with Gasteiger partial charge in [0.25, 0.3) is 0 Å². The zero-order valence-electron chi connectivity index (χ0n) is 10.1. The Morgan fingerprint density at radius 1 is 1.11 bits per heavy atom. The number of nitrogens with two attached hydrogens (primary N) is 1. The van der Waals surface area contributed by atoms with Crippen molar-refractivity contribution in [3.63, 3.8) is 0 Å². The van der Waals surface area contributed by atoms with E-state index in [9.17, 15) is 4.79 Å². The van der Waals surface area contributed by atoms with Gasteiger partial charge in [-0.1, -0.05) is 15.9 Å². The number of aryl methyl sites for hydroxylation is 1. The van der Waals surface area contributed by atoms with Gasteiger partial charge >= 0.3 is 0 Å². The molecule has 0 bridgehead atoms. The third-order valence-corrected chi connectivity index (χ3v) is 3.69. The van der Waals surface area contributed by atoms with E-state index in [0.717, 1.165) is 15.8 Å². The molecule has 0 aliphatic rings. The van der Waals surface area contributed by atoms with Crippen LogP contribution in [0.1, 0.15) is 15.9 Å². The summed E-state index contributed by atoms with van der Waals surface area (Å²) in [4.78, 5) is 11.1. The highest BCUT2D eigenvalue weighted by Gasteiger charge is 2.08. The van der Waals surface area contributed by atoms with Gasteiger partial charge in [0.1, 0.15) is 11.5 Å². The van der Waals surface area contributed by atoms with Crippen LogP contribution in [-0.4, -0.2) is 5.91 Å². The number of rotatable bonds is 3. The van der Waals surface area contributed by atoms with Crippen LogP contribution in [0.5, 0.6) is 11.5 Å². The maximum absolute atomic E-state index is 11.1. The molecule has 3 nitrogen and oxygen atoms in total. The summed E-state index contributed by atoms with van der Waals surface area (Å²) in [5.41, 5.74) is 6.67. The van der Waals surface area contributed by atoms with E-state index in [1.807, 2.05) is 25.1 Å². The van der Waals surface area contributed by atoms with Crippen LogP contribution in [0.4, 0.5) is 0 Å². The first kappa shape index (κ1) is 14.1. The van der Waals surface area contributed by atoms with E-state index in [2.05, 4.69) is 31.9 Å². The number of benzene rings is 2. The molecule has 0 saturated carbocycles. The van der Waals surface area contributed by atoms with Crippen LogP contribution in [0, 0.1) is 6.92 Å². The third-order valence-electron chi connectivity index (χ3n) is 2.57. The number of halogens is 2. The first-order valence-corrected chi connectivity index (χ1v) is 7.09. The van der Waals surface area contributed by atoms with Gasteiger partial charge in [0, 0.05) is 10.0 Å². The van der Waals surface area contributed by atoms with Gasteiger partial charge < -0.3 is 10.5 Å². The van der Waals surface area contributed by atoms with Gasteiger partial charge in [0.15, 0.2) is 0 Å². The Labute approximate surface area is 128 Å². The summed E-state index contributed by atoms with van der Waals surface area (Å²) in [6, 6.07) is 10.8. The lowest BCUT2D eigenvalue weighted by Gasteiger charge is -2.11. The largest absolute Gasteiger partial charge is 0.456 e. The van der Waals surface area contributed by atoms with Crippen molar-refractivity contribution in [3.8, 4) is 11.5 Å². The Morgan fingerprint density at radius 3 is 2.37 bits per heavy atom.